The molecule has 112 valence electrons. The lowest BCUT2D eigenvalue weighted by atomic mass is 9.94. The molecule has 0 aliphatic rings. The number of nitrogens with two attached hydrogens (primary N) is 1. The van der Waals surface area contributed by atoms with Gasteiger partial charge in [0.2, 0.25) is 0 Å². The maximum atomic E-state index is 13.1. The van der Waals surface area contributed by atoms with Crippen LogP contribution in [-0.2, 0) is 6.18 Å². The van der Waals surface area contributed by atoms with Gasteiger partial charge in [0.1, 0.15) is 0 Å². The zero-order chi connectivity index (χ0) is 15.6. The van der Waals surface area contributed by atoms with Crippen LogP contribution in [0.2, 0.25) is 5.02 Å². The number of alkyl halides is 3. The number of benzene rings is 2. The van der Waals surface area contributed by atoms with E-state index in [4.69, 9.17) is 17.4 Å². The van der Waals surface area contributed by atoms with Crippen molar-refractivity contribution >= 4 is 27.5 Å². The Labute approximate surface area is 133 Å². The molecule has 0 fully saturated rings. The molecule has 0 amide bonds. The smallest absolute Gasteiger partial charge is 0.271 e. The lowest BCUT2D eigenvalue weighted by molar-refractivity contribution is -0.138. The number of rotatable bonds is 3. The lowest BCUT2D eigenvalue weighted by Gasteiger charge is -2.21. The molecule has 0 saturated carbocycles. The van der Waals surface area contributed by atoms with Crippen LogP contribution in [0.15, 0.2) is 46.9 Å². The number of hydrogen-bond donors (Lipinski definition) is 2. The summed E-state index contributed by atoms with van der Waals surface area (Å²) < 4.78 is 39.9. The molecule has 0 aromatic heterocycles. The molecule has 3 N–H and O–H groups in total. The fraction of sp³-hybridized carbons (Fsp3) is 0.143. The highest BCUT2D eigenvalue weighted by atomic mass is 79.9. The average molecular weight is 380 g/mol. The second kappa shape index (κ2) is 6.36. The molecule has 0 bridgehead atoms. The van der Waals surface area contributed by atoms with Crippen molar-refractivity contribution in [1.29, 1.82) is 0 Å². The largest absolute Gasteiger partial charge is 0.416 e. The van der Waals surface area contributed by atoms with Gasteiger partial charge in [0.15, 0.2) is 0 Å². The molecule has 2 aromatic rings. The molecule has 7 heteroatoms. The molecule has 0 aliphatic carbocycles. The zero-order valence-corrected chi connectivity index (χ0v) is 12.9. The fourth-order valence-corrected chi connectivity index (χ4v) is 2.58. The third kappa shape index (κ3) is 3.58. The van der Waals surface area contributed by atoms with Gasteiger partial charge in [0, 0.05) is 4.47 Å². The molecule has 1 unspecified atom stereocenters. The Morgan fingerprint density at radius 2 is 1.81 bits per heavy atom. The second-order valence-corrected chi connectivity index (χ2v) is 5.62. The first kappa shape index (κ1) is 16.3. The first-order valence-electron chi connectivity index (χ1n) is 5.91. The van der Waals surface area contributed by atoms with Crippen LogP contribution in [-0.4, -0.2) is 0 Å². The molecule has 21 heavy (non-hydrogen) atoms. The predicted molar refractivity (Wildman–Crippen MR) is 79.8 cm³/mol. The standard InChI is InChI=1S/C14H11BrClF3N2/c15-11-7-8(5-6-12(11)16)13(21-20)9-3-1-2-4-10(9)14(17,18)19/h1-7,13,21H,20H2. The third-order valence-corrected chi connectivity index (χ3v) is 4.23. The van der Waals surface area contributed by atoms with Gasteiger partial charge in [-0.05, 0) is 45.3 Å². The number of hydrazine groups is 1. The minimum atomic E-state index is -4.45. The predicted octanol–water partition coefficient (Wildman–Crippen LogP) is 4.67. The Morgan fingerprint density at radius 1 is 1.14 bits per heavy atom. The van der Waals surface area contributed by atoms with Crippen molar-refractivity contribution in [3.63, 3.8) is 0 Å². The highest BCUT2D eigenvalue weighted by Crippen LogP contribution is 2.37. The zero-order valence-electron chi connectivity index (χ0n) is 10.6. The number of halogens is 5. The third-order valence-electron chi connectivity index (χ3n) is 3.02. The van der Waals surface area contributed by atoms with E-state index in [-0.39, 0.29) is 5.56 Å². The summed E-state index contributed by atoms with van der Waals surface area (Å²) in [6, 6.07) is 9.39. The minimum absolute atomic E-state index is 0.0572. The topological polar surface area (TPSA) is 38.0 Å². The van der Waals surface area contributed by atoms with Crippen LogP contribution < -0.4 is 11.3 Å². The van der Waals surface area contributed by atoms with E-state index in [9.17, 15) is 13.2 Å². The highest BCUT2D eigenvalue weighted by molar-refractivity contribution is 9.10. The van der Waals surface area contributed by atoms with Gasteiger partial charge in [-0.2, -0.15) is 13.2 Å². The Hall–Kier alpha value is -1.08. The van der Waals surface area contributed by atoms with Crippen molar-refractivity contribution < 1.29 is 13.2 Å². The molecule has 0 radical (unpaired) electrons. The normalized spacial score (nSPS) is 13.2. The molecule has 2 rings (SSSR count). The van der Waals surface area contributed by atoms with E-state index in [1.807, 2.05) is 0 Å². The molecule has 0 aliphatic heterocycles. The maximum absolute atomic E-state index is 13.1. The summed E-state index contributed by atoms with van der Waals surface area (Å²) in [5, 5.41) is 0.471. The SMILES string of the molecule is NNC(c1ccc(Cl)c(Br)c1)c1ccccc1C(F)(F)F. The van der Waals surface area contributed by atoms with Crippen molar-refractivity contribution in [2.24, 2.45) is 5.84 Å². The Bertz CT molecular complexity index is 646. The second-order valence-electron chi connectivity index (χ2n) is 4.36. The van der Waals surface area contributed by atoms with Crippen LogP contribution >= 0.6 is 27.5 Å². The summed E-state index contributed by atoms with van der Waals surface area (Å²) >= 11 is 9.15. The summed E-state index contributed by atoms with van der Waals surface area (Å²) in [6.07, 6.45) is -4.45. The summed E-state index contributed by atoms with van der Waals surface area (Å²) in [5.41, 5.74) is 2.34. The monoisotopic (exact) mass is 378 g/mol. The molecule has 0 heterocycles. The quantitative estimate of drug-likeness (QED) is 0.600. The lowest BCUT2D eigenvalue weighted by Crippen LogP contribution is -2.30. The number of hydrogen-bond acceptors (Lipinski definition) is 2. The Kier molecular flexibility index (Phi) is 4.93. The van der Waals surface area contributed by atoms with Crippen molar-refractivity contribution in [3.05, 3.63) is 68.7 Å². The molecule has 0 saturated heterocycles. The van der Waals surface area contributed by atoms with Crippen molar-refractivity contribution in [2.75, 3.05) is 0 Å². The molecular weight excluding hydrogens is 369 g/mol. The van der Waals surface area contributed by atoms with Crippen LogP contribution in [0.1, 0.15) is 22.7 Å². The highest BCUT2D eigenvalue weighted by Gasteiger charge is 2.35. The first-order chi connectivity index (χ1) is 9.84. The van der Waals surface area contributed by atoms with E-state index in [0.717, 1.165) is 6.07 Å². The maximum Gasteiger partial charge on any atom is 0.416 e. The van der Waals surface area contributed by atoms with Gasteiger partial charge in [-0.1, -0.05) is 35.9 Å². The average Bonchev–Trinajstić information content (AvgIpc) is 2.43. The van der Waals surface area contributed by atoms with E-state index < -0.39 is 17.8 Å². The van der Waals surface area contributed by atoms with E-state index in [2.05, 4.69) is 21.4 Å². The summed E-state index contributed by atoms with van der Waals surface area (Å²) in [6.45, 7) is 0. The van der Waals surface area contributed by atoms with E-state index in [1.165, 1.54) is 12.1 Å². The van der Waals surface area contributed by atoms with Crippen molar-refractivity contribution in [1.82, 2.24) is 5.43 Å². The van der Waals surface area contributed by atoms with Gasteiger partial charge in [0.25, 0.3) is 0 Å². The fourth-order valence-electron chi connectivity index (χ4n) is 2.06. The van der Waals surface area contributed by atoms with Gasteiger partial charge >= 0.3 is 6.18 Å². The van der Waals surface area contributed by atoms with Gasteiger partial charge in [-0.3, -0.25) is 5.84 Å². The van der Waals surface area contributed by atoms with E-state index >= 15 is 0 Å². The van der Waals surface area contributed by atoms with Crippen LogP contribution in [0.3, 0.4) is 0 Å². The van der Waals surface area contributed by atoms with Gasteiger partial charge in [-0.15, -0.1) is 0 Å². The summed E-state index contributed by atoms with van der Waals surface area (Å²) in [4.78, 5) is 0. The van der Waals surface area contributed by atoms with E-state index in [0.29, 0.717) is 15.1 Å². The van der Waals surface area contributed by atoms with Gasteiger partial charge in [-0.25, -0.2) is 5.43 Å². The molecule has 0 spiro atoms. The van der Waals surface area contributed by atoms with E-state index in [1.54, 1.807) is 24.3 Å². The van der Waals surface area contributed by atoms with Gasteiger partial charge in [0.05, 0.1) is 16.6 Å². The van der Waals surface area contributed by atoms with Crippen LogP contribution in [0.4, 0.5) is 13.2 Å². The van der Waals surface area contributed by atoms with Crippen molar-refractivity contribution in [2.45, 2.75) is 12.2 Å². The summed E-state index contributed by atoms with van der Waals surface area (Å²) in [7, 11) is 0. The Balaban J connectivity index is 2.54. The summed E-state index contributed by atoms with van der Waals surface area (Å²) in [5.74, 6) is 5.47. The van der Waals surface area contributed by atoms with Crippen molar-refractivity contribution in [3.8, 4) is 0 Å². The molecule has 2 nitrogen and oxygen atoms in total. The Morgan fingerprint density at radius 3 is 2.38 bits per heavy atom. The van der Waals surface area contributed by atoms with Crippen LogP contribution in [0.5, 0.6) is 0 Å². The van der Waals surface area contributed by atoms with Gasteiger partial charge < -0.3 is 0 Å². The molecule has 2 aromatic carbocycles. The van der Waals surface area contributed by atoms with Crippen LogP contribution in [0.25, 0.3) is 0 Å². The first-order valence-corrected chi connectivity index (χ1v) is 7.09. The minimum Gasteiger partial charge on any atom is -0.271 e. The number of nitrogens with one attached hydrogen (secondary N) is 1. The molecule has 1 atom stereocenters. The molecular formula is C14H11BrClF3N2. The van der Waals surface area contributed by atoms with Crippen LogP contribution in [0, 0.1) is 0 Å².